The lowest BCUT2D eigenvalue weighted by molar-refractivity contribution is 0.291. The molecule has 0 saturated heterocycles. The molecule has 0 radical (unpaired) electrons. The molecule has 0 atom stereocenters. The van der Waals surface area contributed by atoms with Gasteiger partial charge in [-0.05, 0) is 30.5 Å². The molecule has 0 aliphatic rings. The second-order valence-corrected chi connectivity index (χ2v) is 5.52. The van der Waals surface area contributed by atoms with Crippen molar-refractivity contribution in [1.29, 1.82) is 0 Å². The highest BCUT2D eigenvalue weighted by Gasteiger charge is 2.06. The summed E-state index contributed by atoms with van der Waals surface area (Å²) >= 11 is 1.60. The Morgan fingerprint density at radius 1 is 1.39 bits per heavy atom. The van der Waals surface area contributed by atoms with Crippen LogP contribution in [0.5, 0.6) is 5.75 Å². The van der Waals surface area contributed by atoms with Crippen molar-refractivity contribution in [3.8, 4) is 16.3 Å². The summed E-state index contributed by atoms with van der Waals surface area (Å²) in [6.45, 7) is 5.06. The third-order valence-corrected chi connectivity index (χ3v) is 3.46. The Morgan fingerprint density at radius 2 is 2.22 bits per heavy atom. The molecule has 0 fully saturated rings. The molecule has 0 saturated carbocycles. The number of hydrogen-bond acceptors (Lipinski definition) is 4. The average Bonchev–Trinajstić information content (AvgIpc) is 2.84. The molecular formula is C14H18N2OS. The number of ether oxygens (including phenoxy) is 1. The molecule has 2 rings (SSSR count). The number of aromatic nitrogens is 1. The summed E-state index contributed by atoms with van der Waals surface area (Å²) in [7, 11) is 0. The van der Waals surface area contributed by atoms with E-state index < -0.39 is 0 Å². The summed E-state index contributed by atoms with van der Waals surface area (Å²) in [5.74, 6) is 1.40. The molecule has 1 heterocycles. The Morgan fingerprint density at radius 3 is 2.83 bits per heavy atom. The zero-order valence-electron chi connectivity index (χ0n) is 10.7. The maximum absolute atomic E-state index is 6.00. The number of anilines is 1. The van der Waals surface area contributed by atoms with Crippen LogP contribution in [-0.2, 0) is 0 Å². The quantitative estimate of drug-likeness (QED) is 0.833. The number of nitrogens with zero attached hydrogens (tertiary/aromatic N) is 1. The molecule has 3 nitrogen and oxygen atoms in total. The van der Waals surface area contributed by atoms with Crippen molar-refractivity contribution in [2.24, 2.45) is 5.92 Å². The average molecular weight is 262 g/mol. The standard InChI is InChI=1S/C14H18N2OS/c1-10(2)5-7-17-13-4-3-11(9-12(13)15)14-16-6-8-18-14/h3-4,6,8-10H,5,7,15H2,1-2H3. The summed E-state index contributed by atoms with van der Waals surface area (Å²) in [4.78, 5) is 4.26. The van der Waals surface area contributed by atoms with E-state index in [1.807, 2.05) is 23.6 Å². The fourth-order valence-corrected chi connectivity index (χ4v) is 2.22. The molecule has 0 aliphatic heterocycles. The number of hydrogen-bond donors (Lipinski definition) is 1. The predicted octanol–water partition coefficient (Wildman–Crippen LogP) is 3.82. The first-order valence-electron chi connectivity index (χ1n) is 6.09. The lowest BCUT2D eigenvalue weighted by Crippen LogP contribution is -2.03. The summed E-state index contributed by atoms with van der Waals surface area (Å²) < 4.78 is 5.68. The summed E-state index contributed by atoms with van der Waals surface area (Å²) in [6.07, 6.45) is 2.83. The van der Waals surface area contributed by atoms with E-state index in [-0.39, 0.29) is 0 Å². The van der Waals surface area contributed by atoms with Gasteiger partial charge in [0, 0.05) is 17.1 Å². The van der Waals surface area contributed by atoms with Gasteiger partial charge in [0.1, 0.15) is 10.8 Å². The van der Waals surface area contributed by atoms with E-state index in [9.17, 15) is 0 Å². The predicted molar refractivity (Wildman–Crippen MR) is 76.9 cm³/mol. The van der Waals surface area contributed by atoms with E-state index in [0.29, 0.717) is 18.2 Å². The van der Waals surface area contributed by atoms with Crippen LogP contribution in [0.25, 0.3) is 10.6 Å². The first-order chi connectivity index (χ1) is 8.66. The Hall–Kier alpha value is -1.55. The monoisotopic (exact) mass is 262 g/mol. The maximum atomic E-state index is 6.00. The van der Waals surface area contributed by atoms with Crippen LogP contribution in [0, 0.1) is 5.92 Å². The van der Waals surface area contributed by atoms with Crippen molar-refractivity contribution in [2.75, 3.05) is 12.3 Å². The maximum Gasteiger partial charge on any atom is 0.142 e. The van der Waals surface area contributed by atoms with Gasteiger partial charge in [0.05, 0.1) is 12.3 Å². The van der Waals surface area contributed by atoms with Crippen LogP contribution in [0.15, 0.2) is 29.8 Å². The van der Waals surface area contributed by atoms with Crippen molar-refractivity contribution in [2.45, 2.75) is 20.3 Å². The fraction of sp³-hybridized carbons (Fsp3) is 0.357. The number of nitrogen functional groups attached to an aromatic ring is 1. The van der Waals surface area contributed by atoms with Gasteiger partial charge in [-0.3, -0.25) is 0 Å². The number of rotatable bonds is 5. The molecule has 2 N–H and O–H groups in total. The summed E-state index contributed by atoms with van der Waals surface area (Å²) in [5, 5.41) is 2.94. The molecule has 0 spiro atoms. The van der Waals surface area contributed by atoms with Gasteiger partial charge < -0.3 is 10.5 Å². The number of nitrogens with two attached hydrogens (primary N) is 1. The normalized spacial score (nSPS) is 10.8. The molecule has 4 heteroatoms. The minimum Gasteiger partial charge on any atom is -0.491 e. The van der Waals surface area contributed by atoms with Crippen LogP contribution >= 0.6 is 11.3 Å². The van der Waals surface area contributed by atoms with Gasteiger partial charge >= 0.3 is 0 Å². The highest BCUT2D eigenvalue weighted by molar-refractivity contribution is 7.13. The van der Waals surface area contributed by atoms with Crippen molar-refractivity contribution in [1.82, 2.24) is 4.98 Å². The Balaban J connectivity index is 2.06. The van der Waals surface area contributed by atoms with Gasteiger partial charge in [0.2, 0.25) is 0 Å². The highest BCUT2D eigenvalue weighted by Crippen LogP contribution is 2.29. The van der Waals surface area contributed by atoms with Crippen molar-refractivity contribution in [3.63, 3.8) is 0 Å². The molecule has 0 aliphatic carbocycles. The van der Waals surface area contributed by atoms with E-state index in [1.54, 1.807) is 17.5 Å². The topological polar surface area (TPSA) is 48.1 Å². The molecule has 96 valence electrons. The third-order valence-electron chi connectivity index (χ3n) is 2.64. The van der Waals surface area contributed by atoms with Gasteiger partial charge in [-0.25, -0.2) is 4.98 Å². The van der Waals surface area contributed by atoms with Crippen LogP contribution in [0.3, 0.4) is 0 Å². The SMILES string of the molecule is CC(C)CCOc1ccc(-c2nccs2)cc1N. The van der Waals surface area contributed by atoms with Crippen LogP contribution in [-0.4, -0.2) is 11.6 Å². The van der Waals surface area contributed by atoms with Crippen LogP contribution < -0.4 is 10.5 Å². The molecule has 1 aromatic heterocycles. The first-order valence-corrected chi connectivity index (χ1v) is 6.97. The third kappa shape index (κ3) is 3.23. The van der Waals surface area contributed by atoms with Crippen LogP contribution in [0.4, 0.5) is 5.69 Å². The van der Waals surface area contributed by atoms with E-state index in [2.05, 4.69) is 18.8 Å². The largest absolute Gasteiger partial charge is 0.491 e. The summed E-state index contributed by atoms with van der Waals surface area (Å²) in [5.41, 5.74) is 7.71. The van der Waals surface area contributed by atoms with E-state index in [4.69, 9.17) is 10.5 Å². The molecule has 0 unspecified atom stereocenters. The minimum absolute atomic E-state index is 0.640. The van der Waals surface area contributed by atoms with Crippen molar-refractivity contribution < 1.29 is 4.74 Å². The zero-order valence-corrected chi connectivity index (χ0v) is 11.5. The Kier molecular flexibility index (Phi) is 4.20. The smallest absolute Gasteiger partial charge is 0.142 e. The van der Waals surface area contributed by atoms with E-state index >= 15 is 0 Å². The van der Waals surface area contributed by atoms with E-state index in [1.165, 1.54) is 0 Å². The Bertz CT molecular complexity index is 495. The van der Waals surface area contributed by atoms with Gasteiger partial charge in [-0.2, -0.15) is 0 Å². The fourth-order valence-electron chi connectivity index (χ4n) is 1.58. The lowest BCUT2D eigenvalue weighted by atomic mass is 10.1. The molecule has 0 amide bonds. The van der Waals surface area contributed by atoms with Gasteiger partial charge in [-0.1, -0.05) is 13.8 Å². The van der Waals surface area contributed by atoms with E-state index in [0.717, 1.165) is 22.7 Å². The second kappa shape index (κ2) is 5.87. The first kappa shape index (κ1) is 12.9. The highest BCUT2D eigenvalue weighted by atomic mass is 32.1. The zero-order chi connectivity index (χ0) is 13.0. The van der Waals surface area contributed by atoms with Crippen molar-refractivity contribution >= 4 is 17.0 Å². The Labute approximate surface area is 112 Å². The lowest BCUT2D eigenvalue weighted by Gasteiger charge is -2.11. The molecule has 0 bridgehead atoms. The van der Waals surface area contributed by atoms with Gasteiger partial charge in [-0.15, -0.1) is 11.3 Å². The number of benzene rings is 1. The second-order valence-electron chi connectivity index (χ2n) is 4.62. The molecule has 18 heavy (non-hydrogen) atoms. The minimum atomic E-state index is 0.640. The summed E-state index contributed by atoms with van der Waals surface area (Å²) in [6, 6.07) is 5.84. The molecule has 2 aromatic rings. The van der Waals surface area contributed by atoms with Gasteiger partial charge in [0.25, 0.3) is 0 Å². The van der Waals surface area contributed by atoms with Crippen molar-refractivity contribution in [3.05, 3.63) is 29.8 Å². The molecule has 1 aromatic carbocycles. The van der Waals surface area contributed by atoms with Gasteiger partial charge in [0.15, 0.2) is 0 Å². The van der Waals surface area contributed by atoms with Crippen LogP contribution in [0.2, 0.25) is 0 Å². The molecular weight excluding hydrogens is 244 g/mol. The number of thiazole rings is 1. The van der Waals surface area contributed by atoms with Crippen LogP contribution in [0.1, 0.15) is 20.3 Å².